The van der Waals surface area contributed by atoms with E-state index in [1.54, 1.807) is 6.33 Å². The smallest absolute Gasteiger partial charge is 0.256 e. The second-order valence-corrected chi connectivity index (χ2v) is 6.19. The van der Waals surface area contributed by atoms with E-state index < -0.39 is 0 Å². The van der Waals surface area contributed by atoms with E-state index in [9.17, 15) is 4.79 Å². The molecule has 124 valence electrons. The third-order valence-electron chi connectivity index (χ3n) is 4.31. The molecule has 3 rings (SSSR count). The van der Waals surface area contributed by atoms with E-state index in [-0.39, 0.29) is 5.56 Å². The Labute approximate surface area is 142 Å². The first kappa shape index (κ1) is 16.2. The molecule has 0 fully saturated rings. The topological polar surface area (TPSA) is 50.7 Å². The highest BCUT2D eigenvalue weighted by Gasteiger charge is 2.06. The zero-order valence-electron chi connectivity index (χ0n) is 14.2. The summed E-state index contributed by atoms with van der Waals surface area (Å²) < 4.78 is 2.01. The third kappa shape index (κ3) is 3.65. The number of H-pyrrole nitrogens is 1. The SMILES string of the molecule is CCCCc1ccc(-c2ccc(Cn3cncc3C)[nH]c2=O)cc1. The van der Waals surface area contributed by atoms with Crippen molar-refractivity contribution in [2.24, 2.45) is 0 Å². The summed E-state index contributed by atoms with van der Waals surface area (Å²) in [6.45, 7) is 4.82. The molecule has 0 bridgehead atoms. The minimum absolute atomic E-state index is 0.0495. The second kappa shape index (κ2) is 7.30. The molecule has 3 aromatic rings. The number of hydrogen-bond acceptors (Lipinski definition) is 2. The molecule has 0 radical (unpaired) electrons. The van der Waals surface area contributed by atoms with Crippen molar-refractivity contribution in [1.29, 1.82) is 0 Å². The van der Waals surface area contributed by atoms with Crippen molar-refractivity contribution in [2.45, 2.75) is 39.7 Å². The predicted octanol–water partition coefficient (Wildman–Crippen LogP) is 3.94. The van der Waals surface area contributed by atoms with Gasteiger partial charge in [-0.2, -0.15) is 0 Å². The van der Waals surface area contributed by atoms with E-state index in [0.29, 0.717) is 12.1 Å². The highest BCUT2D eigenvalue weighted by molar-refractivity contribution is 5.62. The van der Waals surface area contributed by atoms with Gasteiger partial charge in [-0.25, -0.2) is 4.98 Å². The van der Waals surface area contributed by atoms with Crippen molar-refractivity contribution < 1.29 is 0 Å². The number of aryl methyl sites for hydroxylation is 2. The fourth-order valence-corrected chi connectivity index (χ4v) is 2.80. The van der Waals surface area contributed by atoms with Crippen molar-refractivity contribution in [2.75, 3.05) is 0 Å². The van der Waals surface area contributed by atoms with Crippen LogP contribution in [-0.4, -0.2) is 14.5 Å². The van der Waals surface area contributed by atoms with E-state index in [0.717, 1.165) is 23.4 Å². The van der Waals surface area contributed by atoms with Gasteiger partial charge in [0.2, 0.25) is 0 Å². The fraction of sp³-hybridized carbons (Fsp3) is 0.300. The number of rotatable bonds is 6. The average molecular weight is 321 g/mol. The zero-order valence-corrected chi connectivity index (χ0v) is 14.2. The van der Waals surface area contributed by atoms with Crippen LogP contribution < -0.4 is 5.56 Å². The van der Waals surface area contributed by atoms with Crippen LogP contribution in [0.3, 0.4) is 0 Å². The molecule has 0 saturated carbocycles. The summed E-state index contributed by atoms with van der Waals surface area (Å²) in [7, 11) is 0. The lowest BCUT2D eigenvalue weighted by molar-refractivity contribution is 0.746. The van der Waals surface area contributed by atoms with Crippen molar-refractivity contribution in [3.63, 3.8) is 0 Å². The van der Waals surface area contributed by atoms with Crippen LogP contribution in [0.2, 0.25) is 0 Å². The first-order valence-electron chi connectivity index (χ1n) is 8.45. The van der Waals surface area contributed by atoms with Crippen LogP contribution in [-0.2, 0) is 13.0 Å². The van der Waals surface area contributed by atoms with Gasteiger partial charge in [0.1, 0.15) is 0 Å². The predicted molar refractivity (Wildman–Crippen MR) is 97.2 cm³/mol. The number of imidazole rings is 1. The molecule has 0 spiro atoms. The van der Waals surface area contributed by atoms with Crippen LogP contribution in [0.25, 0.3) is 11.1 Å². The number of aromatic amines is 1. The van der Waals surface area contributed by atoms with E-state index in [1.165, 1.54) is 18.4 Å². The number of benzene rings is 1. The Morgan fingerprint density at radius 3 is 2.54 bits per heavy atom. The molecule has 0 atom stereocenters. The quantitative estimate of drug-likeness (QED) is 0.747. The minimum Gasteiger partial charge on any atom is -0.329 e. The van der Waals surface area contributed by atoms with Crippen LogP contribution in [0.5, 0.6) is 0 Å². The molecule has 4 heteroatoms. The maximum Gasteiger partial charge on any atom is 0.256 e. The molecule has 24 heavy (non-hydrogen) atoms. The highest BCUT2D eigenvalue weighted by atomic mass is 16.1. The Hall–Kier alpha value is -2.62. The van der Waals surface area contributed by atoms with Gasteiger partial charge in [0.05, 0.1) is 12.9 Å². The highest BCUT2D eigenvalue weighted by Crippen LogP contribution is 2.17. The van der Waals surface area contributed by atoms with Gasteiger partial charge in [0.15, 0.2) is 0 Å². The lowest BCUT2D eigenvalue weighted by atomic mass is 10.0. The Bertz CT molecular complexity index is 859. The molecule has 2 heterocycles. The second-order valence-electron chi connectivity index (χ2n) is 6.19. The summed E-state index contributed by atoms with van der Waals surface area (Å²) in [6, 6.07) is 12.2. The summed E-state index contributed by atoms with van der Waals surface area (Å²) in [6.07, 6.45) is 7.07. The summed E-state index contributed by atoms with van der Waals surface area (Å²) in [4.78, 5) is 19.5. The summed E-state index contributed by atoms with van der Waals surface area (Å²) in [5.74, 6) is 0. The standard InChI is InChI=1S/C20H23N3O/c1-3-4-5-16-6-8-17(9-7-16)19-11-10-18(22-20(19)24)13-23-14-21-12-15(23)2/h6-12,14H,3-5,13H2,1-2H3,(H,22,24). The molecule has 0 aliphatic heterocycles. The Morgan fingerprint density at radius 2 is 1.92 bits per heavy atom. The lowest BCUT2D eigenvalue weighted by Crippen LogP contribution is -2.13. The number of hydrogen-bond donors (Lipinski definition) is 1. The largest absolute Gasteiger partial charge is 0.329 e. The van der Waals surface area contributed by atoms with Gasteiger partial charge in [-0.05, 0) is 43.0 Å². The Morgan fingerprint density at radius 1 is 1.12 bits per heavy atom. The maximum atomic E-state index is 12.4. The van der Waals surface area contributed by atoms with Gasteiger partial charge in [-0.1, -0.05) is 37.6 Å². The van der Waals surface area contributed by atoms with E-state index in [2.05, 4.69) is 29.0 Å². The zero-order chi connectivity index (χ0) is 16.9. The van der Waals surface area contributed by atoms with Gasteiger partial charge in [-0.3, -0.25) is 4.79 Å². The molecule has 0 saturated heterocycles. The molecule has 0 unspecified atom stereocenters. The molecular formula is C20H23N3O. The molecule has 0 aliphatic rings. The van der Waals surface area contributed by atoms with Crippen molar-refractivity contribution in [3.05, 3.63) is 76.2 Å². The van der Waals surface area contributed by atoms with E-state index in [1.807, 2.05) is 42.0 Å². The number of nitrogens with zero attached hydrogens (tertiary/aromatic N) is 2. The number of unbranched alkanes of at least 4 members (excludes halogenated alkanes) is 1. The monoisotopic (exact) mass is 321 g/mol. The molecular weight excluding hydrogens is 298 g/mol. The van der Waals surface area contributed by atoms with Gasteiger partial charge < -0.3 is 9.55 Å². The minimum atomic E-state index is -0.0495. The summed E-state index contributed by atoms with van der Waals surface area (Å²) in [5, 5.41) is 0. The number of aromatic nitrogens is 3. The van der Waals surface area contributed by atoms with Gasteiger partial charge in [0.25, 0.3) is 5.56 Å². The fourth-order valence-electron chi connectivity index (χ4n) is 2.80. The van der Waals surface area contributed by atoms with Crippen LogP contribution in [0.1, 0.15) is 36.7 Å². The van der Waals surface area contributed by atoms with Crippen molar-refractivity contribution in [3.8, 4) is 11.1 Å². The lowest BCUT2D eigenvalue weighted by Gasteiger charge is -2.07. The Balaban J connectivity index is 1.79. The van der Waals surface area contributed by atoms with Gasteiger partial charge in [-0.15, -0.1) is 0 Å². The van der Waals surface area contributed by atoms with Gasteiger partial charge >= 0.3 is 0 Å². The first-order valence-corrected chi connectivity index (χ1v) is 8.45. The van der Waals surface area contributed by atoms with E-state index >= 15 is 0 Å². The van der Waals surface area contributed by atoms with Crippen LogP contribution in [0.15, 0.2) is 53.7 Å². The molecule has 1 N–H and O–H groups in total. The summed E-state index contributed by atoms with van der Waals surface area (Å²) >= 11 is 0. The normalized spacial score (nSPS) is 10.9. The van der Waals surface area contributed by atoms with Crippen molar-refractivity contribution in [1.82, 2.24) is 14.5 Å². The molecule has 1 aromatic carbocycles. The molecule has 0 aliphatic carbocycles. The summed E-state index contributed by atoms with van der Waals surface area (Å²) in [5.41, 5.74) is 4.90. The Kier molecular flexibility index (Phi) is 4.94. The maximum absolute atomic E-state index is 12.4. The molecule has 0 amide bonds. The van der Waals surface area contributed by atoms with Crippen LogP contribution in [0.4, 0.5) is 0 Å². The molecule has 4 nitrogen and oxygen atoms in total. The van der Waals surface area contributed by atoms with Gasteiger partial charge in [0, 0.05) is 23.1 Å². The van der Waals surface area contributed by atoms with Crippen LogP contribution in [0, 0.1) is 6.92 Å². The van der Waals surface area contributed by atoms with Crippen molar-refractivity contribution >= 4 is 0 Å². The number of pyridine rings is 1. The average Bonchev–Trinajstić information content (AvgIpc) is 2.99. The third-order valence-corrected chi connectivity index (χ3v) is 4.31. The van der Waals surface area contributed by atoms with E-state index in [4.69, 9.17) is 0 Å². The first-order chi connectivity index (χ1) is 11.7. The number of nitrogens with one attached hydrogen (secondary N) is 1. The molecule has 2 aromatic heterocycles. The van der Waals surface area contributed by atoms with Crippen LogP contribution >= 0.6 is 0 Å².